The maximum Gasteiger partial charge on any atom is 0.416 e. The third kappa shape index (κ3) is 6.43. The van der Waals surface area contributed by atoms with E-state index in [-0.39, 0.29) is 22.4 Å². The minimum Gasteiger partial charge on any atom is -0.568 e. The van der Waals surface area contributed by atoms with Crippen molar-refractivity contribution in [3.8, 4) is 17.1 Å². The number of hydrogen-bond donors (Lipinski definition) is 1. The molecular weight excluding hydrogens is 529 g/mol. The number of H-pyrrole nitrogens is 1. The Morgan fingerprint density at radius 2 is 1.86 bits per heavy atom. The van der Waals surface area contributed by atoms with Gasteiger partial charge in [0.05, 0.1) is 11.3 Å². The zero-order chi connectivity index (χ0) is 26.8. The summed E-state index contributed by atoms with van der Waals surface area (Å²) in [5, 5.41) is 13.6. The van der Waals surface area contributed by atoms with Crippen LogP contribution in [0.4, 0.5) is 18.9 Å². The van der Waals surface area contributed by atoms with E-state index in [1.807, 2.05) is 13.8 Å². The normalized spacial score (nSPS) is 12.2. The van der Waals surface area contributed by atoms with Crippen molar-refractivity contribution in [2.75, 3.05) is 0 Å². The largest absolute Gasteiger partial charge is 0.568 e. The van der Waals surface area contributed by atoms with E-state index in [9.17, 15) is 21.6 Å². The number of thiazole rings is 1. The molecule has 1 N–H and O–H groups in total. The van der Waals surface area contributed by atoms with Crippen LogP contribution in [0.15, 0.2) is 46.8 Å². The van der Waals surface area contributed by atoms with Gasteiger partial charge >= 0.3 is 6.18 Å². The van der Waals surface area contributed by atoms with Crippen molar-refractivity contribution >= 4 is 27.0 Å². The van der Waals surface area contributed by atoms with Gasteiger partial charge in [-0.3, -0.25) is 0 Å². The Bertz CT molecular complexity index is 1470. The highest BCUT2D eigenvalue weighted by atomic mass is 32.2. The molecule has 0 aliphatic rings. The maximum atomic E-state index is 13.4. The second-order valence-corrected chi connectivity index (χ2v) is 11.4. The average Bonchev–Trinajstić information content (AvgIpc) is 3.48. The first-order chi connectivity index (χ1) is 17.4. The molecule has 4 aromatic rings. The van der Waals surface area contributed by atoms with Crippen LogP contribution >= 0.6 is 11.3 Å². The molecule has 0 saturated carbocycles. The lowest BCUT2D eigenvalue weighted by Crippen LogP contribution is -2.06. The minimum atomic E-state index is -4.65. The monoisotopic (exact) mass is 551 g/mol. The number of hydrogen-bond acceptors (Lipinski definition) is 8. The molecule has 0 amide bonds. The molecule has 0 unspecified atom stereocenters. The van der Waals surface area contributed by atoms with Gasteiger partial charge in [0.2, 0.25) is 5.82 Å². The number of aromatic nitrogens is 5. The summed E-state index contributed by atoms with van der Waals surface area (Å²) in [6.45, 7) is 5.58. The Morgan fingerprint density at radius 1 is 1.14 bits per heavy atom. The predicted molar refractivity (Wildman–Crippen MR) is 131 cm³/mol. The van der Waals surface area contributed by atoms with Crippen molar-refractivity contribution in [2.24, 2.45) is 5.92 Å². The summed E-state index contributed by atoms with van der Waals surface area (Å²) in [7, 11) is -4.29. The number of alkyl halides is 3. The molecule has 9 nitrogen and oxygen atoms in total. The fourth-order valence-electron chi connectivity index (χ4n) is 3.32. The molecular formula is C23H22F3N6O3S2-. The van der Waals surface area contributed by atoms with Gasteiger partial charge in [-0.25, -0.2) is 13.4 Å². The van der Waals surface area contributed by atoms with Gasteiger partial charge in [-0.05, 0) is 36.1 Å². The summed E-state index contributed by atoms with van der Waals surface area (Å²) < 4.78 is 75.3. The topological polar surface area (TPSA) is 125 Å². The highest BCUT2D eigenvalue weighted by Gasteiger charge is 2.31. The van der Waals surface area contributed by atoms with Crippen molar-refractivity contribution < 1.29 is 26.3 Å². The first-order valence-electron chi connectivity index (χ1n) is 11.0. The lowest BCUT2D eigenvalue weighted by molar-refractivity contribution is -0.137. The molecule has 0 saturated heterocycles. The van der Waals surface area contributed by atoms with E-state index in [0.29, 0.717) is 35.0 Å². The molecule has 2 heterocycles. The van der Waals surface area contributed by atoms with Crippen LogP contribution < -0.4 is 4.74 Å². The zero-order valence-electron chi connectivity index (χ0n) is 19.9. The van der Waals surface area contributed by atoms with Crippen LogP contribution in [-0.4, -0.2) is 34.0 Å². The maximum absolute atomic E-state index is 13.4. The van der Waals surface area contributed by atoms with Crippen LogP contribution in [0, 0.1) is 12.8 Å². The summed E-state index contributed by atoms with van der Waals surface area (Å²) in [6, 6.07) is 9.24. The fraction of sp³-hybridized carbons (Fsp3) is 0.304. The van der Waals surface area contributed by atoms with E-state index >= 15 is 0 Å². The van der Waals surface area contributed by atoms with Gasteiger partial charge in [0, 0.05) is 10.4 Å². The quantitative estimate of drug-likeness (QED) is 0.278. The number of nitrogens with zero attached hydrogens (tertiary/aromatic N) is 5. The number of benzene rings is 2. The summed E-state index contributed by atoms with van der Waals surface area (Å²) in [5.41, 5.74) is 0.632. The molecule has 0 aliphatic heterocycles. The van der Waals surface area contributed by atoms with Crippen molar-refractivity contribution in [3.63, 3.8) is 0 Å². The van der Waals surface area contributed by atoms with Crippen LogP contribution in [0.25, 0.3) is 16.1 Å². The molecule has 2 aromatic heterocycles. The van der Waals surface area contributed by atoms with Crippen molar-refractivity contribution in [1.29, 1.82) is 0 Å². The van der Waals surface area contributed by atoms with Crippen molar-refractivity contribution in [1.82, 2.24) is 25.6 Å². The molecule has 0 aliphatic carbocycles. The van der Waals surface area contributed by atoms with Gasteiger partial charge in [-0.1, -0.05) is 55.9 Å². The number of nitrogens with one attached hydrogen (secondary N) is 1. The lowest BCUT2D eigenvalue weighted by Gasteiger charge is -2.24. The predicted octanol–water partition coefficient (Wildman–Crippen LogP) is 5.82. The molecule has 0 bridgehead atoms. The van der Waals surface area contributed by atoms with E-state index in [2.05, 4.69) is 30.3 Å². The van der Waals surface area contributed by atoms with Crippen LogP contribution in [0.5, 0.6) is 5.75 Å². The van der Waals surface area contributed by atoms with E-state index in [4.69, 9.17) is 4.74 Å². The second kappa shape index (κ2) is 10.5. The molecule has 2 aromatic carbocycles. The molecule has 0 atom stereocenters. The molecule has 37 heavy (non-hydrogen) atoms. The van der Waals surface area contributed by atoms with Crippen LogP contribution in [-0.2, 0) is 29.2 Å². The Morgan fingerprint density at radius 3 is 2.49 bits per heavy atom. The van der Waals surface area contributed by atoms with E-state index in [0.717, 1.165) is 34.4 Å². The summed E-state index contributed by atoms with van der Waals surface area (Å²) in [6.07, 6.45) is -4.00. The van der Waals surface area contributed by atoms with Gasteiger partial charge in [0.15, 0.2) is 14.4 Å². The highest BCUT2D eigenvalue weighted by molar-refractivity contribution is 7.96. The molecule has 0 spiro atoms. The number of sulfonamides is 1. The fourth-order valence-corrected chi connectivity index (χ4v) is 5.90. The van der Waals surface area contributed by atoms with Crippen molar-refractivity contribution in [3.05, 3.63) is 68.9 Å². The SMILES string of the molecule is Cc1nc(S(=O)(=O)[N-]c2ccc(C(F)(F)F)cc2OCc2ccc(-c3nn[nH]n3)cc2)sc1CC(C)C. The Kier molecular flexibility index (Phi) is 7.50. The van der Waals surface area contributed by atoms with Crippen LogP contribution in [0.3, 0.4) is 0 Å². The number of tetrazole rings is 1. The zero-order valence-corrected chi connectivity index (χ0v) is 21.6. The van der Waals surface area contributed by atoms with E-state index in [1.54, 1.807) is 31.2 Å². The summed E-state index contributed by atoms with van der Waals surface area (Å²) >= 11 is 1.01. The Balaban J connectivity index is 1.58. The third-order valence-electron chi connectivity index (χ3n) is 5.14. The number of aromatic amines is 1. The molecule has 196 valence electrons. The molecule has 14 heteroatoms. The molecule has 0 fully saturated rings. The van der Waals surface area contributed by atoms with Crippen molar-refractivity contribution in [2.45, 2.75) is 44.3 Å². The van der Waals surface area contributed by atoms with Crippen LogP contribution in [0.1, 0.15) is 35.5 Å². The number of aryl methyl sites for hydroxylation is 1. The first-order valence-corrected chi connectivity index (χ1v) is 13.3. The number of halogens is 3. The van der Waals surface area contributed by atoms with Gasteiger partial charge in [0.25, 0.3) is 0 Å². The summed E-state index contributed by atoms with van der Waals surface area (Å²) in [4.78, 5) is 4.96. The van der Waals surface area contributed by atoms with E-state index in [1.165, 1.54) is 0 Å². The van der Waals surface area contributed by atoms with Gasteiger partial charge in [-0.15, -0.1) is 21.5 Å². The second-order valence-electron chi connectivity index (χ2n) is 8.55. The van der Waals surface area contributed by atoms with E-state index < -0.39 is 21.8 Å². The van der Waals surface area contributed by atoms with Gasteiger partial charge < -0.3 is 9.46 Å². The molecule has 0 radical (unpaired) electrons. The number of rotatable bonds is 9. The Labute approximate surface area is 215 Å². The lowest BCUT2D eigenvalue weighted by atomic mass is 10.1. The smallest absolute Gasteiger partial charge is 0.416 e. The van der Waals surface area contributed by atoms with Crippen LogP contribution in [0.2, 0.25) is 0 Å². The Hall–Kier alpha value is -3.52. The number of ether oxygens (including phenoxy) is 1. The van der Waals surface area contributed by atoms with Gasteiger partial charge in [0.1, 0.15) is 12.4 Å². The average molecular weight is 552 g/mol. The standard InChI is InChI=1S/C23H22F3N6O3S2/c1-13(2)10-20-14(3)27-22(36-20)37(33,34)30-18-9-8-17(23(24,25)26)11-19(18)35-12-15-4-6-16(7-5-15)21-28-31-32-29-21/h4-9,11,13H,10,12H2,1-3H3,(H,28,29,31,32)/q-1. The third-order valence-corrected chi connectivity index (χ3v) is 7.97. The molecule has 4 rings (SSSR count). The highest BCUT2D eigenvalue weighted by Crippen LogP contribution is 2.41. The first kappa shape index (κ1) is 26.5. The van der Waals surface area contributed by atoms with Gasteiger partial charge in [-0.2, -0.15) is 18.4 Å². The minimum absolute atomic E-state index is 0.134. The summed E-state index contributed by atoms with van der Waals surface area (Å²) in [5.74, 6) is 0.352.